The molecule has 2 N–H and O–H groups in total. The van der Waals surface area contributed by atoms with Gasteiger partial charge in [0.05, 0.1) is 35.7 Å². The summed E-state index contributed by atoms with van der Waals surface area (Å²) in [4.78, 5) is 22.4. The Morgan fingerprint density at radius 2 is 1.97 bits per heavy atom. The average Bonchev–Trinajstić information content (AvgIpc) is 3.35. The van der Waals surface area contributed by atoms with Gasteiger partial charge in [0.1, 0.15) is 16.9 Å². The maximum absolute atomic E-state index is 12.6. The van der Waals surface area contributed by atoms with E-state index in [4.69, 9.17) is 25.2 Å². The minimum atomic E-state index is -0.404. The Morgan fingerprint density at radius 3 is 2.63 bits per heavy atom. The number of benzene rings is 1. The van der Waals surface area contributed by atoms with E-state index in [1.807, 2.05) is 44.5 Å². The largest absolute Gasteiger partial charge is 0.494 e. The number of nitrogens with zero attached hydrogens (tertiary/aromatic N) is 4. The molecule has 3 aromatic heterocycles. The molecule has 0 bridgehead atoms. The molecule has 0 radical (unpaired) electrons. The molecule has 0 aliphatic rings. The van der Waals surface area contributed by atoms with Crippen molar-refractivity contribution in [2.45, 2.75) is 52.3 Å². The van der Waals surface area contributed by atoms with Crippen molar-refractivity contribution in [3.63, 3.8) is 0 Å². The van der Waals surface area contributed by atoms with E-state index in [-0.39, 0.29) is 12.1 Å². The van der Waals surface area contributed by atoms with Crippen LogP contribution in [0.25, 0.3) is 33.6 Å². The number of hydrogen-bond donors (Lipinski definition) is 1. The fourth-order valence-electron chi connectivity index (χ4n) is 4.30. The van der Waals surface area contributed by atoms with Gasteiger partial charge in [0.2, 0.25) is 0 Å². The molecule has 1 unspecified atom stereocenters. The Balaban J connectivity index is 1.91. The fraction of sp³-hybridized carbons (Fsp3) is 0.370. The van der Waals surface area contributed by atoms with Crippen molar-refractivity contribution in [3.05, 3.63) is 54.2 Å². The monoisotopic (exact) mass is 475 g/mol. The Morgan fingerprint density at radius 1 is 1.20 bits per heavy atom. The number of hydrogen-bond acceptors (Lipinski definition) is 6. The van der Waals surface area contributed by atoms with Crippen molar-refractivity contribution in [3.8, 4) is 17.3 Å². The summed E-state index contributed by atoms with van der Waals surface area (Å²) >= 11 is 0. The summed E-state index contributed by atoms with van der Waals surface area (Å²) in [6.07, 6.45) is 3.51. The predicted molar refractivity (Wildman–Crippen MR) is 139 cm³/mol. The van der Waals surface area contributed by atoms with Gasteiger partial charge in [-0.1, -0.05) is 6.08 Å². The number of nitrogens with two attached hydrogens (primary N) is 1. The fourth-order valence-corrected chi connectivity index (χ4v) is 4.30. The van der Waals surface area contributed by atoms with Crippen LogP contribution < -0.4 is 10.5 Å². The number of rotatable bonds is 9. The van der Waals surface area contributed by atoms with Crippen molar-refractivity contribution in [2.75, 3.05) is 7.11 Å². The summed E-state index contributed by atoms with van der Waals surface area (Å²) < 4.78 is 15.2. The van der Waals surface area contributed by atoms with Crippen molar-refractivity contribution >= 4 is 28.0 Å². The minimum absolute atomic E-state index is 0.164. The summed E-state index contributed by atoms with van der Waals surface area (Å²) in [7, 11) is 3.54. The normalized spacial score (nSPS) is 12.4. The van der Waals surface area contributed by atoms with Crippen molar-refractivity contribution in [1.29, 1.82) is 0 Å². The number of ether oxygens (including phenoxy) is 2. The van der Waals surface area contributed by atoms with Crippen LogP contribution in [-0.4, -0.2) is 38.3 Å². The Hall–Kier alpha value is -3.65. The van der Waals surface area contributed by atoms with Gasteiger partial charge in [-0.15, -0.1) is 6.58 Å². The molecule has 3 heterocycles. The predicted octanol–water partition coefficient (Wildman–Crippen LogP) is 5.15. The Bertz CT molecular complexity index is 1400. The van der Waals surface area contributed by atoms with Crippen LogP contribution in [-0.2, 0) is 18.3 Å². The smallest absolute Gasteiger partial charge is 0.338 e. The summed E-state index contributed by atoms with van der Waals surface area (Å²) in [5, 5.41) is 1.02. The summed E-state index contributed by atoms with van der Waals surface area (Å²) in [6, 6.07) is 9.41. The van der Waals surface area contributed by atoms with Crippen LogP contribution in [0.1, 0.15) is 55.7 Å². The molecule has 4 rings (SSSR count). The highest BCUT2D eigenvalue weighted by atomic mass is 16.5. The standard InChI is InChI=1S/C27H33N5O3/c1-7-8-9-12-32-22(14-18-10-11-20(17(4)28)29-25(18)32)26-30-21-13-19(27(33)35-16(2)3)15-23(34-6)24(21)31(26)5/h7,10-11,13-17H,1,8-9,12,28H2,2-6H3. The number of imidazole rings is 1. The summed E-state index contributed by atoms with van der Waals surface area (Å²) in [5.41, 5.74) is 10.6. The van der Waals surface area contributed by atoms with Crippen molar-refractivity contribution in [1.82, 2.24) is 19.1 Å². The lowest BCUT2D eigenvalue weighted by Crippen LogP contribution is -2.11. The van der Waals surface area contributed by atoms with Crippen molar-refractivity contribution in [2.24, 2.45) is 12.8 Å². The van der Waals surface area contributed by atoms with Crippen molar-refractivity contribution < 1.29 is 14.3 Å². The lowest BCUT2D eigenvalue weighted by atomic mass is 10.2. The number of pyridine rings is 1. The Labute approximate surface area is 205 Å². The first-order valence-corrected chi connectivity index (χ1v) is 11.9. The van der Waals surface area contributed by atoms with Gasteiger partial charge in [0.15, 0.2) is 5.82 Å². The van der Waals surface area contributed by atoms with Crippen LogP contribution in [0, 0.1) is 0 Å². The molecule has 184 valence electrons. The van der Waals surface area contributed by atoms with Crippen LogP contribution in [0.5, 0.6) is 5.75 Å². The number of esters is 1. The highest BCUT2D eigenvalue weighted by Crippen LogP contribution is 2.34. The van der Waals surface area contributed by atoms with E-state index in [0.29, 0.717) is 16.8 Å². The highest BCUT2D eigenvalue weighted by molar-refractivity contribution is 5.97. The number of methoxy groups -OCH3 is 1. The zero-order chi connectivity index (χ0) is 25.3. The number of unbranched alkanes of at least 4 members (excludes halogenated alkanes) is 1. The van der Waals surface area contributed by atoms with Gasteiger partial charge in [-0.2, -0.15) is 0 Å². The van der Waals surface area contributed by atoms with Gasteiger partial charge < -0.3 is 24.3 Å². The van der Waals surface area contributed by atoms with Gasteiger partial charge in [0.25, 0.3) is 0 Å². The first kappa shape index (κ1) is 24.5. The molecule has 0 aliphatic heterocycles. The van der Waals surface area contributed by atoms with Crippen LogP contribution in [0.4, 0.5) is 0 Å². The van der Waals surface area contributed by atoms with Crippen LogP contribution in [0.2, 0.25) is 0 Å². The maximum Gasteiger partial charge on any atom is 0.338 e. The zero-order valence-electron chi connectivity index (χ0n) is 21.0. The van der Waals surface area contributed by atoms with Crippen LogP contribution >= 0.6 is 0 Å². The molecule has 0 fully saturated rings. The van der Waals surface area contributed by atoms with E-state index in [1.54, 1.807) is 19.2 Å². The lowest BCUT2D eigenvalue weighted by Gasteiger charge is -2.12. The topological polar surface area (TPSA) is 97.2 Å². The van der Waals surface area contributed by atoms with Crippen LogP contribution in [0.3, 0.4) is 0 Å². The first-order valence-electron chi connectivity index (χ1n) is 11.9. The molecule has 4 aromatic rings. The number of carbonyl (C=O) groups is 1. The van der Waals surface area contributed by atoms with E-state index in [0.717, 1.165) is 53.1 Å². The summed E-state index contributed by atoms with van der Waals surface area (Å²) in [6.45, 7) is 10.2. The van der Waals surface area contributed by atoms with E-state index < -0.39 is 5.97 Å². The quantitative estimate of drug-likeness (QED) is 0.204. The maximum atomic E-state index is 12.6. The third kappa shape index (κ3) is 4.66. The molecule has 1 atom stereocenters. The molecule has 0 spiro atoms. The molecule has 35 heavy (non-hydrogen) atoms. The number of aromatic nitrogens is 4. The third-order valence-corrected chi connectivity index (χ3v) is 5.98. The van der Waals surface area contributed by atoms with Gasteiger partial charge in [-0.25, -0.2) is 14.8 Å². The molecule has 8 heteroatoms. The van der Waals surface area contributed by atoms with Gasteiger partial charge in [-0.3, -0.25) is 0 Å². The number of carbonyl (C=O) groups excluding carboxylic acids is 1. The van der Waals surface area contributed by atoms with Gasteiger partial charge in [-0.05, 0) is 63.9 Å². The molecule has 1 aromatic carbocycles. The second kappa shape index (κ2) is 9.92. The highest BCUT2D eigenvalue weighted by Gasteiger charge is 2.22. The number of fused-ring (bicyclic) bond motifs is 2. The minimum Gasteiger partial charge on any atom is -0.494 e. The van der Waals surface area contributed by atoms with Gasteiger partial charge >= 0.3 is 5.97 Å². The average molecular weight is 476 g/mol. The molecule has 8 nitrogen and oxygen atoms in total. The molecular weight excluding hydrogens is 442 g/mol. The second-order valence-electron chi connectivity index (χ2n) is 9.04. The van der Waals surface area contributed by atoms with Crippen LogP contribution in [0.15, 0.2) is 43.0 Å². The van der Waals surface area contributed by atoms with E-state index in [2.05, 4.69) is 23.3 Å². The SMILES string of the molecule is C=CCCCn1c(-c2nc3cc(C(=O)OC(C)C)cc(OC)c3n2C)cc2ccc(C(C)N)nc21. The lowest BCUT2D eigenvalue weighted by molar-refractivity contribution is 0.0377. The second-order valence-corrected chi connectivity index (χ2v) is 9.04. The van der Waals surface area contributed by atoms with E-state index in [9.17, 15) is 4.79 Å². The molecule has 0 amide bonds. The third-order valence-electron chi connectivity index (χ3n) is 5.98. The zero-order valence-corrected chi connectivity index (χ0v) is 21.0. The van der Waals surface area contributed by atoms with E-state index >= 15 is 0 Å². The number of allylic oxidation sites excluding steroid dienone is 1. The molecule has 0 aliphatic carbocycles. The molecule has 0 saturated carbocycles. The van der Waals surface area contributed by atoms with E-state index in [1.165, 1.54) is 0 Å². The molecule has 0 saturated heterocycles. The Kier molecular flexibility index (Phi) is 6.93. The summed E-state index contributed by atoms with van der Waals surface area (Å²) in [5.74, 6) is 0.913. The molecular formula is C27H33N5O3. The first-order chi connectivity index (χ1) is 16.7. The van der Waals surface area contributed by atoms with Gasteiger partial charge in [0, 0.05) is 25.0 Å². The number of aryl methyl sites for hydroxylation is 2.